The molecule has 0 saturated heterocycles. The summed E-state index contributed by atoms with van der Waals surface area (Å²) in [4.78, 5) is 36.4. The first-order valence-electron chi connectivity index (χ1n) is 9.29. The molecule has 3 rings (SSSR count). The molecule has 1 heterocycles. The molecule has 0 unspecified atom stereocenters. The van der Waals surface area contributed by atoms with E-state index in [1.54, 1.807) is 43.3 Å². The largest absolute Gasteiger partial charge is 0.326 e. The Balaban J connectivity index is 1.90. The van der Waals surface area contributed by atoms with E-state index in [-0.39, 0.29) is 5.91 Å². The van der Waals surface area contributed by atoms with Gasteiger partial charge in [0.25, 0.3) is 5.56 Å². The molecule has 2 aromatic carbocycles. The predicted molar refractivity (Wildman–Crippen MR) is 118 cm³/mol. The highest BCUT2D eigenvalue weighted by atomic mass is 35.5. The molecule has 3 aromatic rings. The molecule has 30 heavy (non-hydrogen) atoms. The fourth-order valence-electron chi connectivity index (χ4n) is 2.89. The van der Waals surface area contributed by atoms with Crippen LogP contribution in [0.5, 0.6) is 0 Å². The second-order valence-corrected chi connectivity index (χ2v) is 7.32. The van der Waals surface area contributed by atoms with E-state index in [1.165, 1.54) is 13.0 Å². The van der Waals surface area contributed by atoms with E-state index >= 15 is 0 Å². The SMILES string of the molecule is CC(=O)Nc1cc(-c2ccc(=O)n([C@H](C)C(=O)Nc3cccc(Cl)c3)n2)ccc1C. The normalized spacial score (nSPS) is 11.6. The third-order valence-corrected chi connectivity index (χ3v) is 4.74. The molecule has 2 amide bonds. The summed E-state index contributed by atoms with van der Waals surface area (Å²) in [7, 11) is 0. The van der Waals surface area contributed by atoms with Crippen LogP contribution in [0, 0.1) is 6.92 Å². The third kappa shape index (κ3) is 4.93. The van der Waals surface area contributed by atoms with Gasteiger partial charge in [-0.1, -0.05) is 29.8 Å². The van der Waals surface area contributed by atoms with Gasteiger partial charge in [0.1, 0.15) is 6.04 Å². The van der Waals surface area contributed by atoms with Gasteiger partial charge in [0.05, 0.1) is 5.69 Å². The molecular weight excluding hydrogens is 404 g/mol. The zero-order chi connectivity index (χ0) is 21.8. The van der Waals surface area contributed by atoms with Gasteiger partial charge in [0.15, 0.2) is 0 Å². The molecule has 154 valence electrons. The van der Waals surface area contributed by atoms with Crippen LogP contribution in [-0.4, -0.2) is 21.6 Å². The lowest BCUT2D eigenvalue weighted by atomic mass is 10.1. The number of rotatable bonds is 5. The fraction of sp³-hybridized carbons (Fsp3) is 0.182. The second kappa shape index (κ2) is 8.92. The molecule has 8 heteroatoms. The van der Waals surface area contributed by atoms with Crippen molar-refractivity contribution in [3.05, 3.63) is 75.5 Å². The zero-order valence-corrected chi connectivity index (χ0v) is 17.5. The van der Waals surface area contributed by atoms with Crippen molar-refractivity contribution in [2.75, 3.05) is 10.6 Å². The topological polar surface area (TPSA) is 93.1 Å². The highest BCUT2D eigenvalue weighted by Gasteiger charge is 2.18. The molecule has 0 aliphatic rings. The molecule has 1 atom stereocenters. The Morgan fingerprint density at radius 2 is 1.83 bits per heavy atom. The number of amides is 2. The molecule has 0 spiro atoms. The summed E-state index contributed by atoms with van der Waals surface area (Å²) in [6, 6.07) is 14.3. The van der Waals surface area contributed by atoms with Crippen LogP contribution in [0.25, 0.3) is 11.3 Å². The number of aryl methyl sites for hydroxylation is 1. The van der Waals surface area contributed by atoms with Crippen LogP contribution in [0.3, 0.4) is 0 Å². The summed E-state index contributed by atoms with van der Waals surface area (Å²) in [6.45, 7) is 4.91. The lowest BCUT2D eigenvalue weighted by molar-refractivity contribution is -0.119. The van der Waals surface area contributed by atoms with E-state index in [1.807, 2.05) is 19.1 Å². The van der Waals surface area contributed by atoms with Crippen LogP contribution in [-0.2, 0) is 9.59 Å². The summed E-state index contributed by atoms with van der Waals surface area (Å²) in [5.41, 5.74) is 2.90. The summed E-state index contributed by atoms with van der Waals surface area (Å²) in [5.74, 6) is -0.577. The lowest BCUT2D eigenvalue weighted by Gasteiger charge is -2.15. The molecule has 2 N–H and O–H groups in total. The first-order valence-corrected chi connectivity index (χ1v) is 9.67. The molecule has 0 saturated carbocycles. The number of hydrogen-bond acceptors (Lipinski definition) is 4. The van der Waals surface area contributed by atoms with Gasteiger partial charge in [0, 0.05) is 35.0 Å². The van der Waals surface area contributed by atoms with Gasteiger partial charge in [-0.05, 0) is 49.7 Å². The van der Waals surface area contributed by atoms with Gasteiger partial charge >= 0.3 is 0 Å². The quantitative estimate of drug-likeness (QED) is 0.646. The van der Waals surface area contributed by atoms with Crippen LogP contribution in [0.1, 0.15) is 25.5 Å². The molecule has 0 bridgehead atoms. The van der Waals surface area contributed by atoms with Crippen molar-refractivity contribution >= 4 is 34.8 Å². The molecular formula is C22H21ClN4O3. The number of aromatic nitrogens is 2. The van der Waals surface area contributed by atoms with Gasteiger partial charge in [-0.3, -0.25) is 14.4 Å². The van der Waals surface area contributed by atoms with E-state index < -0.39 is 17.5 Å². The van der Waals surface area contributed by atoms with Crippen molar-refractivity contribution in [2.45, 2.75) is 26.8 Å². The Morgan fingerprint density at radius 1 is 1.07 bits per heavy atom. The van der Waals surface area contributed by atoms with Crippen molar-refractivity contribution < 1.29 is 9.59 Å². The molecule has 0 aliphatic heterocycles. The fourth-order valence-corrected chi connectivity index (χ4v) is 3.08. The van der Waals surface area contributed by atoms with Gasteiger partial charge in [-0.25, -0.2) is 4.68 Å². The Hall–Kier alpha value is -3.45. The Bertz CT molecular complexity index is 1170. The van der Waals surface area contributed by atoms with Gasteiger partial charge < -0.3 is 10.6 Å². The van der Waals surface area contributed by atoms with Crippen LogP contribution in [0.15, 0.2) is 59.4 Å². The predicted octanol–water partition coefficient (Wildman–Crippen LogP) is 4.03. The minimum Gasteiger partial charge on any atom is -0.326 e. The lowest BCUT2D eigenvalue weighted by Crippen LogP contribution is -2.33. The second-order valence-electron chi connectivity index (χ2n) is 6.89. The maximum absolute atomic E-state index is 12.6. The van der Waals surface area contributed by atoms with Gasteiger partial charge in [0.2, 0.25) is 11.8 Å². The average molecular weight is 425 g/mol. The molecule has 0 aliphatic carbocycles. The van der Waals surface area contributed by atoms with E-state index in [0.717, 1.165) is 10.2 Å². The highest BCUT2D eigenvalue weighted by molar-refractivity contribution is 6.30. The number of hydrogen-bond donors (Lipinski definition) is 2. The van der Waals surface area contributed by atoms with Crippen molar-refractivity contribution in [1.82, 2.24) is 9.78 Å². The van der Waals surface area contributed by atoms with Crippen molar-refractivity contribution in [3.63, 3.8) is 0 Å². The molecule has 7 nitrogen and oxygen atoms in total. The number of halogens is 1. The Labute approximate surface area is 178 Å². The maximum atomic E-state index is 12.6. The Kier molecular flexibility index (Phi) is 6.32. The average Bonchev–Trinajstić information content (AvgIpc) is 2.69. The van der Waals surface area contributed by atoms with Crippen molar-refractivity contribution in [2.24, 2.45) is 0 Å². The number of carbonyl (C=O) groups excluding carboxylic acids is 2. The monoisotopic (exact) mass is 424 g/mol. The molecule has 0 radical (unpaired) electrons. The third-order valence-electron chi connectivity index (χ3n) is 4.51. The Morgan fingerprint density at radius 3 is 2.53 bits per heavy atom. The first-order chi connectivity index (χ1) is 14.2. The minimum atomic E-state index is -0.850. The number of nitrogens with zero attached hydrogens (tertiary/aromatic N) is 2. The van der Waals surface area contributed by atoms with Crippen molar-refractivity contribution in [1.29, 1.82) is 0 Å². The first kappa shape index (κ1) is 21.3. The summed E-state index contributed by atoms with van der Waals surface area (Å²) in [5, 5.41) is 10.4. The van der Waals surface area contributed by atoms with Crippen LogP contribution >= 0.6 is 11.6 Å². The van der Waals surface area contributed by atoms with E-state index in [2.05, 4.69) is 15.7 Å². The molecule has 1 aromatic heterocycles. The summed E-state index contributed by atoms with van der Waals surface area (Å²) in [6.07, 6.45) is 0. The summed E-state index contributed by atoms with van der Waals surface area (Å²) >= 11 is 5.95. The summed E-state index contributed by atoms with van der Waals surface area (Å²) < 4.78 is 1.13. The van der Waals surface area contributed by atoms with Crippen LogP contribution in [0.4, 0.5) is 11.4 Å². The van der Waals surface area contributed by atoms with Crippen LogP contribution < -0.4 is 16.2 Å². The smallest absolute Gasteiger partial charge is 0.267 e. The highest BCUT2D eigenvalue weighted by Crippen LogP contribution is 2.24. The van der Waals surface area contributed by atoms with Gasteiger partial charge in [-0.15, -0.1) is 0 Å². The number of anilines is 2. The number of carbonyl (C=O) groups is 2. The van der Waals surface area contributed by atoms with Gasteiger partial charge in [-0.2, -0.15) is 5.10 Å². The molecule has 0 fully saturated rings. The standard InChI is InChI=1S/C22H21ClN4O3/c1-13-7-8-16(11-20(13)24-15(3)28)19-9-10-21(29)27(26-19)14(2)22(30)25-18-6-4-5-17(23)12-18/h4-12,14H,1-3H3,(H,24,28)(H,25,30)/t14-/m1/s1. The van der Waals surface area contributed by atoms with Crippen molar-refractivity contribution in [3.8, 4) is 11.3 Å². The zero-order valence-electron chi connectivity index (χ0n) is 16.8. The number of benzene rings is 2. The number of nitrogens with one attached hydrogen (secondary N) is 2. The van der Waals surface area contributed by atoms with E-state index in [0.29, 0.717) is 27.7 Å². The maximum Gasteiger partial charge on any atom is 0.267 e. The van der Waals surface area contributed by atoms with E-state index in [9.17, 15) is 14.4 Å². The minimum absolute atomic E-state index is 0.181. The van der Waals surface area contributed by atoms with Crippen LogP contribution in [0.2, 0.25) is 5.02 Å². The van der Waals surface area contributed by atoms with E-state index in [4.69, 9.17) is 11.6 Å².